The number of aliphatic hydroxyl groups excluding tert-OH is 1. The first-order valence-corrected chi connectivity index (χ1v) is 4.50. The zero-order valence-corrected chi connectivity index (χ0v) is 8.53. The van der Waals surface area contributed by atoms with Crippen LogP contribution in [0.3, 0.4) is 0 Å². The van der Waals surface area contributed by atoms with E-state index in [-0.39, 0.29) is 12.6 Å². The number of hydrogen-bond donors (Lipinski definition) is 3. The quantitative estimate of drug-likeness (QED) is 0.264. The number of rotatable bonds is 8. The van der Waals surface area contributed by atoms with Gasteiger partial charge in [0.05, 0.1) is 33.0 Å². The van der Waals surface area contributed by atoms with Crippen molar-refractivity contribution in [2.24, 2.45) is 5.73 Å². The minimum absolute atomic E-state index is 0.0325. The predicted molar refractivity (Wildman–Crippen MR) is 53.3 cm³/mol. The topological polar surface area (TPSA) is 91.8 Å². The van der Waals surface area contributed by atoms with E-state index >= 15 is 0 Å². The van der Waals surface area contributed by atoms with Gasteiger partial charge in [-0.3, -0.25) is 5.41 Å². The van der Waals surface area contributed by atoms with E-state index in [1.165, 1.54) is 0 Å². The van der Waals surface area contributed by atoms with Crippen LogP contribution < -0.4 is 5.73 Å². The molecule has 0 bridgehead atoms. The Bertz CT molecular complexity index is 155. The zero-order chi connectivity index (χ0) is 10.8. The molecule has 0 aliphatic rings. The van der Waals surface area contributed by atoms with E-state index < -0.39 is 0 Å². The van der Waals surface area contributed by atoms with Gasteiger partial charge >= 0.3 is 0 Å². The number of nitrogens with one attached hydrogen (secondary N) is 1. The summed E-state index contributed by atoms with van der Waals surface area (Å²) >= 11 is 0. The highest BCUT2D eigenvalue weighted by Crippen LogP contribution is 1.82. The molecule has 0 saturated heterocycles. The van der Waals surface area contributed by atoms with Crippen LogP contribution in [0.1, 0.15) is 0 Å². The number of nitrogens with zero attached hydrogens (tertiary/aromatic N) is 1. The van der Waals surface area contributed by atoms with Crippen LogP contribution in [-0.4, -0.2) is 62.6 Å². The molecule has 6 nitrogen and oxygen atoms in total. The second-order valence-electron chi connectivity index (χ2n) is 2.76. The lowest BCUT2D eigenvalue weighted by molar-refractivity contribution is 0.0311. The summed E-state index contributed by atoms with van der Waals surface area (Å²) in [6, 6.07) is 0. The van der Waals surface area contributed by atoms with E-state index in [1.807, 2.05) is 0 Å². The normalized spacial score (nSPS) is 10.1. The van der Waals surface area contributed by atoms with Crippen LogP contribution in [0.15, 0.2) is 0 Å². The summed E-state index contributed by atoms with van der Waals surface area (Å²) < 4.78 is 10.2. The SMILES string of the molecule is CN(CCOCCOCCO)C(=N)N. The number of nitrogens with two attached hydrogens (primary N) is 1. The number of ether oxygens (including phenoxy) is 2. The number of hydrogen-bond acceptors (Lipinski definition) is 4. The predicted octanol–water partition coefficient (Wildman–Crippen LogP) is -1.16. The molecule has 0 fully saturated rings. The molecule has 0 radical (unpaired) electrons. The van der Waals surface area contributed by atoms with Crippen molar-refractivity contribution >= 4 is 5.96 Å². The van der Waals surface area contributed by atoms with E-state index in [0.29, 0.717) is 33.0 Å². The van der Waals surface area contributed by atoms with Crippen LogP contribution >= 0.6 is 0 Å². The van der Waals surface area contributed by atoms with Crippen molar-refractivity contribution in [1.29, 1.82) is 5.41 Å². The molecule has 0 spiro atoms. The summed E-state index contributed by atoms with van der Waals surface area (Å²) in [4.78, 5) is 1.59. The van der Waals surface area contributed by atoms with Crippen LogP contribution in [0.5, 0.6) is 0 Å². The van der Waals surface area contributed by atoms with Crippen molar-refractivity contribution in [3.8, 4) is 0 Å². The van der Waals surface area contributed by atoms with Gasteiger partial charge in [0.25, 0.3) is 0 Å². The molecule has 0 aliphatic heterocycles. The first-order chi connectivity index (χ1) is 6.68. The van der Waals surface area contributed by atoms with Gasteiger partial charge in [-0.25, -0.2) is 0 Å². The van der Waals surface area contributed by atoms with Gasteiger partial charge < -0.3 is 25.2 Å². The third-order valence-electron chi connectivity index (χ3n) is 1.59. The summed E-state index contributed by atoms with van der Waals surface area (Å²) in [6.07, 6.45) is 0. The molecule has 0 aromatic rings. The third-order valence-corrected chi connectivity index (χ3v) is 1.59. The lowest BCUT2D eigenvalue weighted by Gasteiger charge is -2.16. The lowest BCUT2D eigenvalue weighted by atomic mass is 10.6. The molecule has 0 amide bonds. The molecule has 0 aromatic carbocycles. The maximum atomic E-state index is 8.39. The van der Waals surface area contributed by atoms with Gasteiger partial charge in [0.1, 0.15) is 0 Å². The number of guanidine groups is 1. The van der Waals surface area contributed by atoms with Crippen molar-refractivity contribution in [3.63, 3.8) is 0 Å². The van der Waals surface area contributed by atoms with Gasteiger partial charge in [-0.1, -0.05) is 0 Å². The molecule has 6 heteroatoms. The van der Waals surface area contributed by atoms with Crippen LogP contribution in [0.4, 0.5) is 0 Å². The van der Waals surface area contributed by atoms with Gasteiger partial charge in [0.15, 0.2) is 5.96 Å². The Balaban J connectivity index is 3.09. The fraction of sp³-hybridized carbons (Fsp3) is 0.875. The highest BCUT2D eigenvalue weighted by Gasteiger charge is 1.97. The largest absolute Gasteiger partial charge is 0.394 e. The molecular formula is C8H19N3O3. The molecule has 0 saturated carbocycles. The maximum absolute atomic E-state index is 8.39. The Morgan fingerprint density at radius 2 is 1.86 bits per heavy atom. The molecule has 0 heterocycles. The third kappa shape index (κ3) is 7.78. The molecular weight excluding hydrogens is 186 g/mol. The van der Waals surface area contributed by atoms with Crippen molar-refractivity contribution in [2.75, 3.05) is 46.6 Å². The zero-order valence-electron chi connectivity index (χ0n) is 8.53. The summed E-state index contributed by atoms with van der Waals surface area (Å²) in [5, 5.41) is 15.5. The molecule has 4 N–H and O–H groups in total. The molecule has 0 aliphatic carbocycles. The standard InChI is InChI=1S/C8H19N3O3/c1-11(8(9)10)2-4-13-6-7-14-5-3-12/h12H,2-7H2,1H3,(H3,9,10). The Morgan fingerprint density at radius 1 is 1.29 bits per heavy atom. The van der Waals surface area contributed by atoms with Gasteiger partial charge in [0.2, 0.25) is 0 Å². The van der Waals surface area contributed by atoms with Gasteiger partial charge in [0, 0.05) is 13.6 Å². The van der Waals surface area contributed by atoms with Crippen molar-refractivity contribution < 1.29 is 14.6 Å². The summed E-state index contributed by atoms with van der Waals surface area (Å²) in [7, 11) is 1.73. The number of aliphatic hydroxyl groups is 1. The number of likely N-dealkylation sites (N-methyl/N-ethyl adjacent to an activating group) is 1. The van der Waals surface area contributed by atoms with Gasteiger partial charge in [-0.15, -0.1) is 0 Å². The molecule has 0 atom stereocenters. The average Bonchev–Trinajstić information content (AvgIpc) is 2.16. The maximum Gasteiger partial charge on any atom is 0.188 e. The molecule has 0 unspecified atom stereocenters. The minimum atomic E-state index is 0.0325. The van der Waals surface area contributed by atoms with Gasteiger partial charge in [-0.05, 0) is 0 Å². The van der Waals surface area contributed by atoms with Crippen LogP contribution in [0, 0.1) is 5.41 Å². The van der Waals surface area contributed by atoms with E-state index in [2.05, 4.69) is 0 Å². The van der Waals surface area contributed by atoms with Crippen LogP contribution in [-0.2, 0) is 9.47 Å². The second-order valence-corrected chi connectivity index (χ2v) is 2.76. The average molecular weight is 205 g/mol. The second kappa shape index (κ2) is 8.74. The lowest BCUT2D eigenvalue weighted by Crippen LogP contribution is -2.35. The highest BCUT2D eigenvalue weighted by atomic mass is 16.5. The van der Waals surface area contributed by atoms with E-state index in [1.54, 1.807) is 11.9 Å². The molecule has 0 aromatic heterocycles. The Kier molecular flexibility index (Phi) is 8.20. The Labute approximate surface area is 84.1 Å². The highest BCUT2D eigenvalue weighted by molar-refractivity contribution is 5.74. The molecule has 0 rings (SSSR count). The summed E-state index contributed by atoms with van der Waals surface area (Å²) in [6.45, 7) is 2.45. The molecule has 84 valence electrons. The van der Waals surface area contributed by atoms with Crippen molar-refractivity contribution in [2.45, 2.75) is 0 Å². The van der Waals surface area contributed by atoms with E-state index in [9.17, 15) is 0 Å². The molecule has 14 heavy (non-hydrogen) atoms. The van der Waals surface area contributed by atoms with E-state index in [0.717, 1.165) is 0 Å². The van der Waals surface area contributed by atoms with Crippen LogP contribution in [0.25, 0.3) is 0 Å². The van der Waals surface area contributed by atoms with Crippen LogP contribution in [0.2, 0.25) is 0 Å². The van der Waals surface area contributed by atoms with E-state index in [4.69, 9.17) is 25.7 Å². The Hall–Kier alpha value is -0.850. The monoisotopic (exact) mass is 205 g/mol. The minimum Gasteiger partial charge on any atom is -0.394 e. The first-order valence-electron chi connectivity index (χ1n) is 4.50. The Morgan fingerprint density at radius 3 is 2.36 bits per heavy atom. The smallest absolute Gasteiger partial charge is 0.188 e. The van der Waals surface area contributed by atoms with Crippen molar-refractivity contribution in [1.82, 2.24) is 4.90 Å². The van der Waals surface area contributed by atoms with Crippen molar-refractivity contribution in [3.05, 3.63) is 0 Å². The van der Waals surface area contributed by atoms with Gasteiger partial charge in [-0.2, -0.15) is 0 Å². The fourth-order valence-electron chi connectivity index (χ4n) is 0.708. The summed E-state index contributed by atoms with van der Waals surface area (Å²) in [5.74, 6) is 0.0325. The summed E-state index contributed by atoms with van der Waals surface area (Å²) in [5.41, 5.74) is 5.22. The first kappa shape index (κ1) is 13.2. The fourth-order valence-corrected chi connectivity index (χ4v) is 0.708.